The van der Waals surface area contributed by atoms with Crippen molar-refractivity contribution in [3.63, 3.8) is 0 Å². The lowest BCUT2D eigenvalue weighted by atomic mass is 9.97. The van der Waals surface area contributed by atoms with Crippen molar-refractivity contribution in [3.05, 3.63) is 59.7 Å². The lowest BCUT2D eigenvalue weighted by Crippen LogP contribution is -2.16. The molecule has 0 saturated carbocycles. The quantitative estimate of drug-likeness (QED) is 0.620. The first-order chi connectivity index (χ1) is 11.8. The highest BCUT2D eigenvalue weighted by atomic mass is 16.5. The Bertz CT molecular complexity index is 718. The van der Waals surface area contributed by atoms with Crippen LogP contribution in [-0.2, 0) is 16.0 Å². The molecule has 0 aliphatic rings. The van der Waals surface area contributed by atoms with Gasteiger partial charge in [-0.25, -0.2) is 0 Å². The van der Waals surface area contributed by atoms with E-state index in [1.165, 1.54) is 12.5 Å². The largest absolute Gasteiger partial charge is 0.426 e. The summed E-state index contributed by atoms with van der Waals surface area (Å²) in [5.74, 6) is 0.280. The van der Waals surface area contributed by atoms with Gasteiger partial charge in [-0.3, -0.25) is 9.59 Å². The number of carbonyl (C=O) groups is 2. The molecule has 132 valence electrons. The molecule has 1 unspecified atom stereocenters. The molecule has 2 rings (SSSR count). The van der Waals surface area contributed by atoms with Crippen molar-refractivity contribution in [2.45, 2.75) is 40.0 Å². The minimum atomic E-state index is -0.344. The summed E-state index contributed by atoms with van der Waals surface area (Å²) >= 11 is 0. The zero-order valence-electron chi connectivity index (χ0n) is 15.2. The fourth-order valence-electron chi connectivity index (χ4n) is 2.56. The maximum absolute atomic E-state index is 12.3. The average molecular weight is 339 g/mol. The van der Waals surface area contributed by atoms with E-state index in [0.717, 1.165) is 12.0 Å². The third kappa shape index (κ3) is 5.75. The summed E-state index contributed by atoms with van der Waals surface area (Å²) in [7, 11) is 0. The third-order valence-electron chi connectivity index (χ3n) is 3.87. The molecule has 0 heterocycles. The number of amides is 1. The van der Waals surface area contributed by atoms with Gasteiger partial charge in [-0.2, -0.15) is 0 Å². The van der Waals surface area contributed by atoms with E-state index >= 15 is 0 Å². The zero-order chi connectivity index (χ0) is 18.4. The Labute approximate surface area is 149 Å². The van der Waals surface area contributed by atoms with Gasteiger partial charge in [-0.15, -0.1) is 0 Å². The molecule has 0 aromatic heterocycles. The molecular weight excluding hydrogens is 314 g/mol. The van der Waals surface area contributed by atoms with Gasteiger partial charge in [0.1, 0.15) is 5.75 Å². The Hall–Kier alpha value is -2.62. The summed E-state index contributed by atoms with van der Waals surface area (Å²) in [4.78, 5) is 23.4. The summed E-state index contributed by atoms with van der Waals surface area (Å²) in [5, 5.41) is 2.67. The summed E-state index contributed by atoms with van der Waals surface area (Å²) < 4.78 is 5.43. The van der Waals surface area contributed by atoms with Gasteiger partial charge >= 0.3 is 5.97 Å². The lowest BCUT2D eigenvalue weighted by Gasteiger charge is -2.13. The molecule has 0 bridgehead atoms. The van der Waals surface area contributed by atoms with E-state index in [2.05, 4.69) is 31.3 Å². The minimum absolute atomic E-state index is 0.140. The van der Waals surface area contributed by atoms with E-state index in [-0.39, 0.29) is 17.8 Å². The van der Waals surface area contributed by atoms with Crippen LogP contribution in [-0.4, -0.2) is 11.9 Å². The van der Waals surface area contributed by atoms with Crippen molar-refractivity contribution in [2.75, 3.05) is 5.32 Å². The number of carbonyl (C=O) groups excluding carboxylic acids is 2. The van der Waals surface area contributed by atoms with Gasteiger partial charge in [0.15, 0.2) is 0 Å². The summed E-state index contributed by atoms with van der Waals surface area (Å²) in [6, 6.07) is 14.9. The normalized spacial score (nSPS) is 11.9. The fraction of sp³-hybridized carbons (Fsp3) is 0.333. The monoisotopic (exact) mass is 339 g/mol. The molecule has 1 atom stereocenters. The SMILES string of the molecule is CC(=O)Nc1ccc(OC(=O)C(C)c2ccc(CC(C)C)cc2)cc1. The number of benzene rings is 2. The van der Waals surface area contributed by atoms with E-state index in [1.807, 2.05) is 19.1 Å². The van der Waals surface area contributed by atoms with Crippen LogP contribution in [0.1, 0.15) is 44.7 Å². The van der Waals surface area contributed by atoms with Gasteiger partial charge in [0.2, 0.25) is 5.91 Å². The summed E-state index contributed by atoms with van der Waals surface area (Å²) in [6.07, 6.45) is 1.03. The molecule has 4 nitrogen and oxygen atoms in total. The topological polar surface area (TPSA) is 55.4 Å². The van der Waals surface area contributed by atoms with Crippen LogP contribution in [0, 0.1) is 5.92 Å². The molecule has 4 heteroatoms. The van der Waals surface area contributed by atoms with Crippen LogP contribution >= 0.6 is 0 Å². The molecule has 2 aromatic carbocycles. The molecule has 1 N–H and O–H groups in total. The Morgan fingerprint density at radius 3 is 2.08 bits per heavy atom. The number of hydrogen-bond donors (Lipinski definition) is 1. The molecule has 0 aliphatic carbocycles. The van der Waals surface area contributed by atoms with Crippen LogP contribution in [0.15, 0.2) is 48.5 Å². The second-order valence-electron chi connectivity index (χ2n) is 6.69. The predicted octanol–water partition coefficient (Wildman–Crippen LogP) is 4.55. The third-order valence-corrected chi connectivity index (χ3v) is 3.87. The van der Waals surface area contributed by atoms with Crippen LogP contribution in [0.4, 0.5) is 5.69 Å². The van der Waals surface area contributed by atoms with Crippen molar-refractivity contribution >= 4 is 17.6 Å². The second kappa shape index (κ2) is 8.47. The van der Waals surface area contributed by atoms with Gasteiger partial charge in [-0.05, 0) is 54.7 Å². The number of ether oxygens (including phenoxy) is 1. The number of esters is 1. The number of rotatable bonds is 6. The van der Waals surface area contributed by atoms with E-state index in [1.54, 1.807) is 24.3 Å². The van der Waals surface area contributed by atoms with Gasteiger partial charge in [-0.1, -0.05) is 38.1 Å². The maximum atomic E-state index is 12.3. The first kappa shape index (κ1) is 18.7. The Balaban J connectivity index is 1.98. The van der Waals surface area contributed by atoms with Crippen molar-refractivity contribution in [1.82, 2.24) is 0 Å². The molecular formula is C21H25NO3. The van der Waals surface area contributed by atoms with Crippen LogP contribution in [0.25, 0.3) is 0 Å². The molecule has 0 aliphatic heterocycles. The Morgan fingerprint density at radius 1 is 0.960 bits per heavy atom. The van der Waals surface area contributed by atoms with Crippen molar-refractivity contribution < 1.29 is 14.3 Å². The van der Waals surface area contributed by atoms with Crippen LogP contribution in [0.2, 0.25) is 0 Å². The smallest absolute Gasteiger partial charge is 0.318 e. The molecule has 1 amide bonds. The molecule has 0 saturated heterocycles. The predicted molar refractivity (Wildman–Crippen MR) is 99.8 cm³/mol. The zero-order valence-corrected chi connectivity index (χ0v) is 15.2. The molecule has 0 radical (unpaired) electrons. The van der Waals surface area contributed by atoms with Crippen LogP contribution in [0.3, 0.4) is 0 Å². The number of nitrogens with one attached hydrogen (secondary N) is 1. The van der Waals surface area contributed by atoms with Crippen molar-refractivity contribution in [1.29, 1.82) is 0 Å². The highest BCUT2D eigenvalue weighted by Crippen LogP contribution is 2.22. The van der Waals surface area contributed by atoms with Gasteiger partial charge < -0.3 is 10.1 Å². The minimum Gasteiger partial charge on any atom is -0.426 e. The molecule has 25 heavy (non-hydrogen) atoms. The molecule has 0 fully saturated rings. The Kier molecular flexibility index (Phi) is 6.34. The van der Waals surface area contributed by atoms with Crippen LogP contribution in [0.5, 0.6) is 5.75 Å². The Morgan fingerprint density at radius 2 is 1.56 bits per heavy atom. The standard InChI is InChI=1S/C21H25NO3/c1-14(2)13-17-5-7-18(8-6-17)15(3)21(24)25-20-11-9-19(10-12-20)22-16(4)23/h5-12,14-15H,13H2,1-4H3,(H,22,23). The van der Waals surface area contributed by atoms with Gasteiger partial charge in [0.05, 0.1) is 5.92 Å². The summed E-state index contributed by atoms with van der Waals surface area (Å²) in [6.45, 7) is 7.66. The first-order valence-corrected chi connectivity index (χ1v) is 8.53. The van der Waals surface area contributed by atoms with Gasteiger partial charge in [0, 0.05) is 12.6 Å². The van der Waals surface area contributed by atoms with Crippen LogP contribution < -0.4 is 10.1 Å². The first-order valence-electron chi connectivity index (χ1n) is 8.53. The fourth-order valence-corrected chi connectivity index (χ4v) is 2.56. The lowest BCUT2D eigenvalue weighted by molar-refractivity contribution is -0.135. The van der Waals surface area contributed by atoms with Crippen molar-refractivity contribution in [3.8, 4) is 5.75 Å². The highest BCUT2D eigenvalue weighted by molar-refractivity contribution is 5.88. The van der Waals surface area contributed by atoms with E-state index in [4.69, 9.17) is 4.74 Å². The maximum Gasteiger partial charge on any atom is 0.318 e. The average Bonchev–Trinajstić information content (AvgIpc) is 2.55. The van der Waals surface area contributed by atoms with Crippen molar-refractivity contribution in [2.24, 2.45) is 5.92 Å². The van der Waals surface area contributed by atoms with E-state index < -0.39 is 0 Å². The highest BCUT2D eigenvalue weighted by Gasteiger charge is 2.17. The van der Waals surface area contributed by atoms with E-state index in [9.17, 15) is 9.59 Å². The summed E-state index contributed by atoms with van der Waals surface area (Å²) in [5.41, 5.74) is 2.88. The second-order valence-corrected chi connectivity index (χ2v) is 6.69. The van der Waals surface area contributed by atoms with E-state index in [0.29, 0.717) is 17.4 Å². The number of anilines is 1. The molecule has 2 aromatic rings. The van der Waals surface area contributed by atoms with Gasteiger partial charge in [0.25, 0.3) is 0 Å². The number of hydrogen-bond acceptors (Lipinski definition) is 3. The molecule has 0 spiro atoms.